The molecule has 1 aromatic heterocycles. The number of anilines is 1. The van der Waals surface area contributed by atoms with E-state index >= 15 is 0 Å². The quantitative estimate of drug-likeness (QED) is 0.754. The lowest BCUT2D eigenvalue weighted by atomic mass is 10.0. The first-order chi connectivity index (χ1) is 12.3. The van der Waals surface area contributed by atoms with E-state index in [9.17, 15) is 4.79 Å². The molecule has 128 valence electrons. The van der Waals surface area contributed by atoms with E-state index in [-0.39, 0.29) is 11.9 Å². The second kappa shape index (κ2) is 7.56. The average molecular weight is 370 g/mol. The average Bonchev–Trinajstić information content (AvgIpc) is 3.06. The molecule has 1 aliphatic rings. The van der Waals surface area contributed by atoms with E-state index in [0.29, 0.717) is 5.13 Å². The van der Waals surface area contributed by atoms with Crippen molar-refractivity contribution >= 4 is 44.4 Å². The van der Waals surface area contributed by atoms with Gasteiger partial charge in [0.1, 0.15) is 6.04 Å². The van der Waals surface area contributed by atoms with Crippen molar-refractivity contribution in [2.75, 3.05) is 29.9 Å². The molecule has 2 aromatic carbocycles. The molecule has 1 saturated heterocycles. The molecule has 0 spiro atoms. The molecule has 1 fully saturated rings. The van der Waals surface area contributed by atoms with E-state index in [4.69, 9.17) is 0 Å². The van der Waals surface area contributed by atoms with Crippen LogP contribution in [0.3, 0.4) is 0 Å². The lowest BCUT2D eigenvalue weighted by Gasteiger charge is -2.33. The van der Waals surface area contributed by atoms with Gasteiger partial charge in [0.15, 0.2) is 5.13 Å². The molecule has 1 amide bonds. The number of hydrogen-bond acceptors (Lipinski definition) is 5. The molecular weight excluding hydrogens is 350 g/mol. The summed E-state index contributed by atoms with van der Waals surface area (Å²) in [5.41, 5.74) is 1.96. The van der Waals surface area contributed by atoms with Crippen molar-refractivity contribution in [3.8, 4) is 0 Å². The first-order valence-corrected chi connectivity index (χ1v) is 10.3. The summed E-state index contributed by atoms with van der Waals surface area (Å²) < 4.78 is 1.09. The van der Waals surface area contributed by atoms with Gasteiger partial charge < -0.3 is 5.32 Å². The van der Waals surface area contributed by atoms with Crippen LogP contribution in [0.25, 0.3) is 10.2 Å². The van der Waals surface area contributed by atoms with Crippen molar-refractivity contribution in [1.29, 1.82) is 0 Å². The second-order valence-corrected chi connectivity index (χ2v) is 8.19. The van der Waals surface area contributed by atoms with E-state index in [1.807, 2.05) is 66.4 Å². The smallest absolute Gasteiger partial charge is 0.248 e. The van der Waals surface area contributed by atoms with Crippen molar-refractivity contribution in [3.63, 3.8) is 0 Å². The van der Waals surface area contributed by atoms with Gasteiger partial charge in [0.2, 0.25) is 5.91 Å². The van der Waals surface area contributed by atoms with Crippen LogP contribution < -0.4 is 5.32 Å². The third-order valence-corrected chi connectivity index (χ3v) is 6.19. The molecule has 0 saturated carbocycles. The fraction of sp³-hybridized carbons (Fsp3) is 0.263. The Morgan fingerprint density at radius 2 is 1.76 bits per heavy atom. The van der Waals surface area contributed by atoms with Crippen LogP contribution in [0.4, 0.5) is 5.13 Å². The zero-order valence-corrected chi connectivity index (χ0v) is 15.4. The summed E-state index contributed by atoms with van der Waals surface area (Å²) in [6.45, 7) is 1.86. The number of nitrogens with zero attached hydrogens (tertiary/aromatic N) is 2. The Morgan fingerprint density at radius 1 is 1.04 bits per heavy atom. The minimum absolute atomic E-state index is 0.00263. The third kappa shape index (κ3) is 3.71. The van der Waals surface area contributed by atoms with E-state index in [0.717, 1.165) is 40.4 Å². The van der Waals surface area contributed by atoms with Crippen molar-refractivity contribution in [3.05, 3.63) is 60.2 Å². The van der Waals surface area contributed by atoms with Gasteiger partial charge in [0.25, 0.3) is 0 Å². The van der Waals surface area contributed by atoms with Gasteiger partial charge in [-0.05, 0) is 17.7 Å². The molecule has 1 N–H and O–H groups in total. The molecular formula is C19H19N3OS2. The number of rotatable bonds is 4. The highest BCUT2D eigenvalue weighted by atomic mass is 32.2. The fourth-order valence-corrected chi connectivity index (χ4v) is 4.90. The SMILES string of the molecule is O=C(Nc1nc2ccccc2s1)C(c1ccccc1)N1CCSCC1. The fourth-order valence-electron chi connectivity index (χ4n) is 3.10. The topological polar surface area (TPSA) is 45.2 Å². The maximum absolute atomic E-state index is 13.1. The molecule has 1 unspecified atom stereocenters. The second-order valence-electron chi connectivity index (χ2n) is 5.94. The third-order valence-electron chi connectivity index (χ3n) is 4.30. The highest BCUT2D eigenvalue weighted by Gasteiger charge is 2.29. The number of carbonyl (C=O) groups is 1. The molecule has 2 heterocycles. The predicted octanol–water partition coefficient (Wildman–Crippen LogP) is 4.02. The Balaban J connectivity index is 1.60. The molecule has 0 bridgehead atoms. The number of carbonyl (C=O) groups excluding carboxylic acids is 1. The summed E-state index contributed by atoms with van der Waals surface area (Å²) in [5.74, 6) is 2.13. The van der Waals surface area contributed by atoms with Crippen molar-refractivity contribution in [1.82, 2.24) is 9.88 Å². The molecule has 3 aromatic rings. The summed E-state index contributed by atoms with van der Waals surface area (Å²) >= 11 is 3.47. The molecule has 6 heteroatoms. The first-order valence-electron chi connectivity index (χ1n) is 8.34. The van der Waals surface area contributed by atoms with E-state index in [1.165, 1.54) is 11.3 Å². The number of thioether (sulfide) groups is 1. The van der Waals surface area contributed by atoms with E-state index < -0.39 is 0 Å². The Bertz CT molecular complexity index is 826. The molecule has 0 radical (unpaired) electrons. The summed E-state index contributed by atoms with van der Waals surface area (Å²) in [4.78, 5) is 19.9. The number of para-hydroxylation sites is 1. The molecule has 1 aliphatic heterocycles. The van der Waals surface area contributed by atoms with Crippen LogP contribution in [0.2, 0.25) is 0 Å². The van der Waals surface area contributed by atoms with Gasteiger partial charge >= 0.3 is 0 Å². The highest BCUT2D eigenvalue weighted by Crippen LogP contribution is 2.29. The highest BCUT2D eigenvalue weighted by molar-refractivity contribution is 7.99. The lowest BCUT2D eigenvalue weighted by Crippen LogP contribution is -2.41. The monoisotopic (exact) mass is 369 g/mol. The summed E-state index contributed by atoms with van der Waals surface area (Å²) in [6.07, 6.45) is 0. The normalized spacial score (nSPS) is 16.6. The lowest BCUT2D eigenvalue weighted by molar-refractivity contribution is -0.121. The van der Waals surface area contributed by atoms with Gasteiger partial charge in [-0.3, -0.25) is 9.69 Å². The Morgan fingerprint density at radius 3 is 2.52 bits per heavy atom. The van der Waals surface area contributed by atoms with Crippen LogP contribution in [0.1, 0.15) is 11.6 Å². The number of nitrogens with one attached hydrogen (secondary N) is 1. The number of benzene rings is 2. The Kier molecular flexibility index (Phi) is 5.01. The molecule has 4 rings (SSSR count). The number of thiazole rings is 1. The van der Waals surface area contributed by atoms with Crippen LogP contribution in [-0.2, 0) is 4.79 Å². The first kappa shape index (κ1) is 16.6. The van der Waals surface area contributed by atoms with Crippen LogP contribution in [-0.4, -0.2) is 40.4 Å². The van der Waals surface area contributed by atoms with Gasteiger partial charge in [-0.2, -0.15) is 11.8 Å². The molecule has 0 aliphatic carbocycles. The van der Waals surface area contributed by atoms with Crippen molar-refractivity contribution in [2.24, 2.45) is 0 Å². The Hall–Kier alpha value is -1.89. The van der Waals surface area contributed by atoms with Crippen LogP contribution in [0.5, 0.6) is 0 Å². The maximum atomic E-state index is 13.1. The summed E-state index contributed by atoms with van der Waals surface area (Å²) in [7, 11) is 0. The van der Waals surface area contributed by atoms with E-state index in [2.05, 4.69) is 15.2 Å². The predicted molar refractivity (Wildman–Crippen MR) is 106 cm³/mol. The summed E-state index contributed by atoms with van der Waals surface area (Å²) in [6, 6.07) is 17.7. The van der Waals surface area contributed by atoms with Crippen molar-refractivity contribution in [2.45, 2.75) is 6.04 Å². The van der Waals surface area contributed by atoms with Gasteiger partial charge in [0, 0.05) is 24.6 Å². The van der Waals surface area contributed by atoms with E-state index in [1.54, 1.807) is 0 Å². The molecule has 25 heavy (non-hydrogen) atoms. The van der Waals surface area contributed by atoms with Gasteiger partial charge in [-0.1, -0.05) is 53.8 Å². The minimum atomic E-state index is -0.269. The maximum Gasteiger partial charge on any atom is 0.248 e. The minimum Gasteiger partial charge on any atom is -0.300 e. The Labute approximate surface area is 155 Å². The largest absolute Gasteiger partial charge is 0.300 e. The van der Waals surface area contributed by atoms with Gasteiger partial charge in [-0.15, -0.1) is 0 Å². The van der Waals surface area contributed by atoms with Crippen molar-refractivity contribution < 1.29 is 4.79 Å². The van der Waals surface area contributed by atoms with Gasteiger partial charge in [-0.25, -0.2) is 4.98 Å². The standard InChI is InChI=1S/C19H19N3OS2/c23-18(21-19-20-15-8-4-5-9-16(15)25-19)17(14-6-2-1-3-7-14)22-10-12-24-13-11-22/h1-9,17H,10-13H2,(H,20,21,23). The zero-order chi connectivity index (χ0) is 17.1. The number of hydrogen-bond donors (Lipinski definition) is 1. The zero-order valence-electron chi connectivity index (χ0n) is 13.7. The molecule has 4 nitrogen and oxygen atoms in total. The van der Waals surface area contributed by atoms with Gasteiger partial charge in [0.05, 0.1) is 10.2 Å². The van der Waals surface area contributed by atoms with Crippen LogP contribution in [0.15, 0.2) is 54.6 Å². The van der Waals surface area contributed by atoms with Crippen LogP contribution in [0, 0.1) is 0 Å². The van der Waals surface area contributed by atoms with Crippen LogP contribution >= 0.6 is 23.1 Å². The number of aromatic nitrogens is 1. The number of fused-ring (bicyclic) bond motifs is 1. The molecule has 1 atom stereocenters. The summed E-state index contributed by atoms with van der Waals surface area (Å²) in [5, 5.41) is 3.71. The number of amides is 1.